The third-order valence-corrected chi connectivity index (χ3v) is 6.64. The molecule has 0 radical (unpaired) electrons. The van der Waals surface area contributed by atoms with Crippen LogP contribution in [0, 0.1) is 11.8 Å². The minimum absolute atomic E-state index is 0.00958. The highest BCUT2D eigenvalue weighted by Crippen LogP contribution is 2.31. The zero-order valence-electron chi connectivity index (χ0n) is 19.8. The lowest BCUT2D eigenvalue weighted by Crippen LogP contribution is -2.26. The molecule has 12 nitrogen and oxygen atoms in total. The summed E-state index contributed by atoms with van der Waals surface area (Å²) in [5.74, 6) is 0.822. The fourth-order valence-electron chi connectivity index (χ4n) is 4.65. The number of carbonyl (C=O) groups excluding carboxylic acids is 3. The lowest BCUT2D eigenvalue weighted by Gasteiger charge is -2.26. The number of esters is 1. The molecule has 0 spiro atoms. The highest BCUT2D eigenvalue weighted by Gasteiger charge is 2.27. The number of nitrogens with zero attached hydrogens (tertiary/aromatic N) is 3. The van der Waals surface area contributed by atoms with E-state index in [1.165, 1.54) is 13.4 Å². The number of aromatic nitrogens is 4. The van der Waals surface area contributed by atoms with Crippen LogP contribution >= 0.6 is 0 Å². The Labute approximate surface area is 206 Å². The Balaban J connectivity index is 1.20. The Hall–Kier alpha value is -4.22. The van der Waals surface area contributed by atoms with E-state index in [9.17, 15) is 14.4 Å². The molecule has 2 aromatic heterocycles. The summed E-state index contributed by atoms with van der Waals surface area (Å²) in [7, 11) is 1.43. The normalized spacial score (nSPS) is 19.1. The van der Waals surface area contributed by atoms with E-state index in [0.29, 0.717) is 40.8 Å². The Morgan fingerprint density at radius 2 is 2.03 bits per heavy atom. The fourth-order valence-corrected chi connectivity index (χ4v) is 4.65. The Kier molecular flexibility index (Phi) is 6.65. The molecular weight excluding hydrogens is 466 g/mol. The molecule has 1 aliphatic carbocycles. The highest BCUT2D eigenvalue weighted by molar-refractivity contribution is 6.04. The molecule has 36 heavy (non-hydrogen) atoms. The van der Waals surface area contributed by atoms with E-state index in [2.05, 4.69) is 36.1 Å². The third-order valence-electron chi connectivity index (χ3n) is 6.64. The van der Waals surface area contributed by atoms with E-state index in [0.717, 1.165) is 31.2 Å². The molecule has 2 aliphatic rings. The number of hydrogen-bond donors (Lipinski definition) is 4. The van der Waals surface area contributed by atoms with Gasteiger partial charge in [-0.3, -0.25) is 19.5 Å². The van der Waals surface area contributed by atoms with Crippen LogP contribution < -0.4 is 20.7 Å². The standard InChI is InChI=1S/C24H27N7O5/c1-35-24(34)15-5-2-13(3-6-15)9-25-22-20-19(30-31-22)21(28-12-27-20)23(33)26-10-14-4-7-17-16(8-14)29-18(32)11-36-17/h4,7-8,12-13,15H,2-3,5-6,9-11H2,1H3,(H,26,33)(H,29,32)(H2,25,30,31)/t13-,15-. The Bertz CT molecular complexity index is 1300. The van der Waals surface area contributed by atoms with Crippen LogP contribution in [0.4, 0.5) is 11.5 Å². The average molecular weight is 494 g/mol. The smallest absolute Gasteiger partial charge is 0.308 e. The number of methoxy groups -OCH3 is 1. The highest BCUT2D eigenvalue weighted by atomic mass is 16.5. The van der Waals surface area contributed by atoms with Crippen LogP contribution in [-0.2, 0) is 20.9 Å². The van der Waals surface area contributed by atoms with Crippen molar-refractivity contribution in [2.24, 2.45) is 11.8 Å². The number of nitrogens with one attached hydrogen (secondary N) is 4. The van der Waals surface area contributed by atoms with Crippen LogP contribution in [0.5, 0.6) is 5.75 Å². The van der Waals surface area contributed by atoms with Gasteiger partial charge in [-0.25, -0.2) is 9.97 Å². The van der Waals surface area contributed by atoms with Gasteiger partial charge < -0.3 is 25.4 Å². The molecule has 1 saturated carbocycles. The molecular formula is C24H27N7O5. The minimum Gasteiger partial charge on any atom is -0.482 e. The largest absolute Gasteiger partial charge is 0.482 e. The van der Waals surface area contributed by atoms with E-state index < -0.39 is 0 Å². The Morgan fingerprint density at radius 1 is 1.19 bits per heavy atom. The van der Waals surface area contributed by atoms with Crippen LogP contribution in [0.3, 0.4) is 0 Å². The van der Waals surface area contributed by atoms with Crippen molar-refractivity contribution >= 4 is 40.3 Å². The maximum atomic E-state index is 12.9. The minimum atomic E-state index is -0.378. The third kappa shape index (κ3) is 4.92. The molecule has 1 aliphatic heterocycles. The van der Waals surface area contributed by atoms with Gasteiger partial charge in [0.05, 0.1) is 18.7 Å². The molecule has 0 atom stereocenters. The van der Waals surface area contributed by atoms with Gasteiger partial charge in [0.2, 0.25) is 0 Å². The fraction of sp³-hybridized carbons (Fsp3) is 0.417. The summed E-state index contributed by atoms with van der Waals surface area (Å²) in [5.41, 5.74) is 2.54. The van der Waals surface area contributed by atoms with Crippen LogP contribution in [0.25, 0.3) is 11.0 Å². The van der Waals surface area contributed by atoms with Crippen molar-refractivity contribution < 1.29 is 23.9 Å². The van der Waals surface area contributed by atoms with Gasteiger partial charge in [-0.2, -0.15) is 5.10 Å². The summed E-state index contributed by atoms with van der Waals surface area (Å²) in [6.07, 6.45) is 4.82. The van der Waals surface area contributed by atoms with E-state index >= 15 is 0 Å². The van der Waals surface area contributed by atoms with Gasteiger partial charge >= 0.3 is 5.97 Å². The zero-order valence-corrected chi connectivity index (χ0v) is 19.8. The average Bonchev–Trinajstić information content (AvgIpc) is 3.33. The van der Waals surface area contributed by atoms with Crippen LogP contribution in [0.2, 0.25) is 0 Å². The number of aromatic amines is 1. The number of anilines is 2. The molecule has 12 heteroatoms. The molecule has 188 valence electrons. The zero-order chi connectivity index (χ0) is 25.1. The number of H-pyrrole nitrogens is 1. The van der Waals surface area contributed by atoms with Gasteiger partial charge in [-0.15, -0.1) is 0 Å². The van der Waals surface area contributed by atoms with Gasteiger partial charge in [0.1, 0.15) is 23.1 Å². The van der Waals surface area contributed by atoms with Gasteiger partial charge in [-0.1, -0.05) is 6.07 Å². The van der Waals surface area contributed by atoms with Crippen LogP contribution in [0.15, 0.2) is 24.5 Å². The lowest BCUT2D eigenvalue weighted by molar-refractivity contribution is -0.146. The number of rotatable bonds is 7. The van der Waals surface area contributed by atoms with Gasteiger partial charge in [-0.05, 0) is 49.3 Å². The van der Waals surface area contributed by atoms with Crippen molar-refractivity contribution in [2.45, 2.75) is 32.2 Å². The topological polar surface area (TPSA) is 160 Å². The molecule has 4 N–H and O–H groups in total. The number of hydrogen-bond acceptors (Lipinski definition) is 9. The first kappa shape index (κ1) is 23.5. The molecule has 5 rings (SSSR count). The molecule has 3 aromatic rings. The van der Waals surface area contributed by atoms with Crippen molar-refractivity contribution in [3.05, 3.63) is 35.8 Å². The van der Waals surface area contributed by atoms with Crippen LogP contribution in [-0.4, -0.2) is 58.2 Å². The van der Waals surface area contributed by atoms with Crippen molar-refractivity contribution in [3.63, 3.8) is 0 Å². The van der Waals surface area contributed by atoms with Gasteiger partial charge in [0.25, 0.3) is 11.8 Å². The van der Waals surface area contributed by atoms with Crippen molar-refractivity contribution in [1.82, 2.24) is 25.5 Å². The number of fused-ring (bicyclic) bond motifs is 2. The van der Waals surface area contributed by atoms with Crippen molar-refractivity contribution in [2.75, 3.05) is 30.9 Å². The lowest BCUT2D eigenvalue weighted by atomic mass is 9.82. The van der Waals surface area contributed by atoms with Crippen LogP contribution in [0.1, 0.15) is 41.7 Å². The Morgan fingerprint density at radius 3 is 2.83 bits per heavy atom. The summed E-state index contributed by atoms with van der Waals surface area (Å²) in [6.45, 7) is 0.920. The molecule has 1 aromatic carbocycles. The van der Waals surface area contributed by atoms with Gasteiger partial charge in [0.15, 0.2) is 18.1 Å². The van der Waals surface area contributed by atoms with E-state index in [-0.39, 0.29) is 42.5 Å². The molecule has 1 fully saturated rings. The van der Waals surface area contributed by atoms with Crippen molar-refractivity contribution in [3.8, 4) is 5.75 Å². The number of carbonyl (C=O) groups is 3. The first-order chi connectivity index (χ1) is 17.5. The number of ether oxygens (including phenoxy) is 2. The number of benzene rings is 1. The predicted octanol–water partition coefficient (Wildman–Crippen LogP) is 2.01. The molecule has 0 saturated heterocycles. The predicted molar refractivity (Wildman–Crippen MR) is 129 cm³/mol. The molecule has 3 heterocycles. The molecule has 2 amide bonds. The van der Waals surface area contributed by atoms with E-state index in [4.69, 9.17) is 9.47 Å². The number of amides is 2. The second-order valence-corrected chi connectivity index (χ2v) is 8.99. The van der Waals surface area contributed by atoms with Crippen molar-refractivity contribution in [1.29, 1.82) is 0 Å². The second kappa shape index (κ2) is 10.2. The monoisotopic (exact) mass is 493 g/mol. The summed E-state index contributed by atoms with van der Waals surface area (Å²) in [4.78, 5) is 44.6. The maximum absolute atomic E-state index is 12.9. The molecule has 0 bridgehead atoms. The van der Waals surface area contributed by atoms with E-state index in [1.807, 2.05) is 6.07 Å². The second-order valence-electron chi connectivity index (χ2n) is 8.99. The summed E-state index contributed by atoms with van der Waals surface area (Å²) in [6, 6.07) is 5.34. The first-order valence-electron chi connectivity index (χ1n) is 11.9. The van der Waals surface area contributed by atoms with Gasteiger partial charge in [0, 0.05) is 13.1 Å². The summed E-state index contributed by atoms with van der Waals surface area (Å²) < 4.78 is 10.2. The quantitative estimate of drug-likeness (QED) is 0.361. The maximum Gasteiger partial charge on any atom is 0.308 e. The van der Waals surface area contributed by atoms with E-state index in [1.54, 1.807) is 12.1 Å². The summed E-state index contributed by atoms with van der Waals surface area (Å²) in [5, 5.41) is 16.1. The molecule has 0 unspecified atom stereocenters. The summed E-state index contributed by atoms with van der Waals surface area (Å²) >= 11 is 0. The first-order valence-corrected chi connectivity index (χ1v) is 11.9. The SMILES string of the molecule is COC(=O)[C@H]1CC[C@H](CNc2n[nH]c3c(C(=O)NCc4ccc5c(c4)NC(=O)CO5)ncnc23)CC1.